The van der Waals surface area contributed by atoms with E-state index >= 15 is 0 Å². The molecule has 19 heavy (non-hydrogen) atoms. The average molecular weight is 273 g/mol. The van der Waals surface area contributed by atoms with Gasteiger partial charge in [0.25, 0.3) is 0 Å². The largest absolute Gasteiger partial charge is 0.289 e. The first-order valence-electron chi connectivity index (χ1n) is 5.90. The Hall–Kier alpha value is -1.78. The minimum absolute atomic E-state index is 0.182. The fraction of sp³-hybridized carbons (Fsp3) is 0.133. The Morgan fingerprint density at radius 2 is 1.84 bits per heavy atom. The summed E-state index contributed by atoms with van der Waals surface area (Å²) < 4.78 is 0. The second kappa shape index (κ2) is 6.41. The minimum Gasteiger partial charge on any atom is -0.289 e. The van der Waals surface area contributed by atoms with Crippen LogP contribution < -0.4 is 5.48 Å². The van der Waals surface area contributed by atoms with Crippen LogP contribution in [0, 0.1) is 0 Å². The number of hydrogen-bond acceptors (Lipinski definition) is 3. The van der Waals surface area contributed by atoms with Crippen LogP contribution in [-0.4, -0.2) is 17.4 Å². The fourth-order valence-corrected chi connectivity index (χ4v) is 2.53. The number of rotatable bonds is 4. The number of hydrogen-bond donors (Lipinski definition) is 2. The lowest BCUT2D eigenvalue weighted by Crippen LogP contribution is -2.20. The second-order valence-electron chi connectivity index (χ2n) is 4.11. The van der Waals surface area contributed by atoms with E-state index in [0.29, 0.717) is 0 Å². The van der Waals surface area contributed by atoms with Crippen molar-refractivity contribution in [3.8, 4) is 11.1 Å². The molecule has 0 heterocycles. The molecule has 2 aromatic carbocycles. The average Bonchev–Trinajstić information content (AvgIpc) is 2.48. The van der Waals surface area contributed by atoms with Crippen molar-refractivity contribution >= 4 is 17.7 Å². The van der Waals surface area contributed by atoms with Crippen LogP contribution in [0.5, 0.6) is 0 Å². The van der Waals surface area contributed by atoms with Gasteiger partial charge >= 0.3 is 0 Å². The zero-order valence-corrected chi connectivity index (χ0v) is 11.4. The molecule has 0 saturated carbocycles. The van der Waals surface area contributed by atoms with Crippen molar-refractivity contribution in [2.24, 2.45) is 0 Å². The van der Waals surface area contributed by atoms with E-state index in [-0.39, 0.29) is 6.42 Å². The maximum atomic E-state index is 11.1. The lowest BCUT2D eigenvalue weighted by atomic mass is 10.0. The highest BCUT2D eigenvalue weighted by atomic mass is 32.2. The first-order chi connectivity index (χ1) is 9.24. The Morgan fingerprint density at radius 3 is 2.47 bits per heavy atom. The molecule has 0 aromatic heterocycles. The predicted molar refractivity (Wildman–Crippen MR) is 77.3 cm³/mol. The van der Waals surface area contributed by atoms with Crippen LogP contribution in [0.15, 0.2) is 53.4 Å². The first kappa shape index (κ1) is 13.6. The Labute approximate surface area is 116 Å². The molecule has 0 aliphatic carbocycles. The van der Waals surface area contributed by atoms with Crippen LogP contribution in [0.3, 0.4) is 0 Å². The molecule has 0 atom stereocenters. The molecule has 2 aromatic rings. The molecule has 0 bridgehead atoms. The number of nitrogens with one attached hydrogen (secondary N) is 1. The minimum atomic E-state index is -0.405. The summed E-state index contributed by atoms with van der Waals surface area (Å²) in [5.41, 5.74) is 4.82. The summed E-state index contributed by atoms with van der Waals surface area (Å²) in [4.78, 5) is 12.3. The van der Waals surface area contributed by atoms with E-state index < -0.39 is 5.91 Å². The number of carbonyl (C=O) groups is 1. The van der Waals surface area contributed by atoms with Crippen LogP contribution in [0.25, 0.3) is 11.1 Å². The quantitative estimate of drug-likeness (QED) is 0.511. The van der Waals surface area contributed by atoms with Crippen LogP contribution in [0.2, 0.25) is 0 Å². The van der Waals surface area contributed by atoms with Gasteiger partial charge < -0.3 is 0 Å². The lowest BCUT2D eigenvalue weighted by Gasteiger charge is -2.08. The molecule has 4 heteroatoms. The molecular formula is C15H15NO2S. The Balaban J connectivity index is 2.25. The van der Waals surface area contributed by atoms with Crippen molar-refractivity contribution in [2.45, 2.75) is 11.3 Å². The standard InChI is InChI=1S/C15H15NO2S/c1-19-14-5-3-2-4-13(14)12-8-6-11(7-9-12)10-15(17)16-18/h2-9,18H,10H2,1H3,(H,16,17). The van der Waals surface area contributed by atoms with E-state index in [1.165, 1.54) is 10.5 Å². The highest BCUT2D eigenvalue weighted by Crippen LogP contribution is 2.29. The van der Waals surface area contributed by atoms with Gasteiger partial charge in [0.15, 0.2) is 0 Å². The van der Waals surface area contributed by atoms with Crippen LogP contribution in [-0.2, 0) is 11.2 Å². The number of hydroxylamine groups is 1. The molecule has 2 rings (SSSR count). The molecule has 1 amide bonds. The van der Waals surface area contributed by atoms with Gasteiger partial charge in [-0.05, 0) is 29.0 Å². The van der Waals surface area contributed by atoms with Gasteiger partial charge in [-0.3, -0.25) is 10.0 Å². The zero-order chi connectivity index (χ0) is 13.7. The fourth-order valence-electron chi connectivity index (χ4n) is 1.91. The summed E-state index contributed by atoms with van der Waals surface area (Å²) in [6.07, 6.45) is 2.24. The number of amides is 1. The summed E-state index contributed by atoms with van der Waals surface area (Å²) in [6, 6.07) is 16.0. The molecule has 0 saturated heterocycles. The maximum absolute atomic E-state index is 11.1. The normalized spacial score (nSPS) is 10.2. The van der Waals surface area contributed by atoms with E-state index in [1.54, 1.807) is 17.2 Å². The number of benzene rings is 2. The third-order valence-corrected chi connectivity index (χ3v) is 3.66. The van der Waals surface area contributed by atoms with Crippen molar-refractivity contribution in [2.75, 3.05) is 6.26 Å². The molecule has 2 N–H and O–H groups in total. The van der Waals surface area contributed by atoms with Gasteiger partial charge in [-0.2, -0.15) is 0 Å². The number of thioether (sulfide) groups is 1. The Bertz CT molecular complexity index is 567. The van der Waals surface area contributed by atoms with Crippen molar-refractivity contribution in [3.63, 3.8) is 0 Å². The van der Waals surface area contributed by atoms with Gasteiger partial charge in [-0.15, -0.1) is 11.8 Å². The molecular weight excluding hydrogens is 258 g/mol. The molecule has 0 spiro atoms. The summed E-state index contributed by atoms with van der Waals surface area (Å²) in [5.74, 6) is -0.405. The molecule has 0 unspecified atom stereocenters. The molecule has 3 nitrogen and oxygen atoms in total. The Morgan fingerprint density at radius 1 is 1.16 bits per heavy atom. The summed E-state index contributed by atoms with van der Waals surface area (Å²) >= 11 is 1.71. The van der Waals surface area contributed by atoms with Crippen molar-refractivity contribution in [1.29, 1.82) is 0 Å². The van der Waals surface area contributed by atoms with Crippen LogP contribution >= 0.6 is 11.8 Å². The molecule has 0 radical (unpaired) electrons. The first-order valence-corrected chi connectivity index (χ1v) is 7.12. The molecule has 0 fully saturated rings. The second-order valence-corrected chi connectivity index (χ2v) is 4.96. The topological polar surface area (TPSA) is 49.3 Å². The molecule has 0 aliphatic rings. The summed E-state index contributed by atoms with van der Waals surface area (Å²) in [5, 5.41) is 8.49. The predicted octanol–water partition coefficient (Wildman–Crippen LogP) is 3.12. The smallest absolute Gasteiger partial charge is 0.247 e. The van der Waals surface area contributed by atoms with Gasteiger partial charge in [0.05, 0.1) is 6.42 Å². The maximum Gasteiger partial charge on any atom is 0.247 e. The van der Waals surface area contributed by atoms with Gasteiger partial charge in [0.2, 0.25) is 5.91 Å². The third kappa shape index (κ3) is 3.36. The van der Waals surface area contributed by atoms with E-state index in [2.05, 4.69) is 18.4 Å². The lowest BCUT2D eigenvalue weighted by molar-refractivity contribution is -0.128. The summed E-state index contributed by atoms with van der Waals surface area (Å²) in [7, 11) is 0. The van der Waals surface area contributed by atoms with E-state index in [4.69, 9.17) is 5.21 Å². The summed E-state index contributed by atoms with van der Waals surface area (Å²) in [6.45, 7) is 0. The van der Waals surface area contributed by atoms with E-state index in [0.717, 1.165) is 11.1 Å². The highest BCUT2D eigenvalue weighted by molar-refractivity contribution is 7.98. The monoisotopic (exact) mass is 273 g/mol. The van der Waals surface area contributed by atoms with E-state index in [9.17, 15) is 4.79 Å². The molecule has 98 valence electrons. The molecule has 0 aliphatic heterocycles. The zero-order valence-electron chi connectivity index (χ0n) is 10.6. The van der Waals surface area contributed by atoms with Crippen LogP contribution in [0.4, 0.5) is 0 Å². The van der Waals surface area contributed by atoms with Crippen LogP contribution in [0.1, 0.15) is 5.56 Å². The highest BCUT2D eigenvalue weighted by Gasteiger charge is 2.05. The Kier molecular flexibility index (Phi) is 4.60. The number of carbonyl (C=O) groups excluding carboxylic acids is 1. The van der Waals surface area contributed by atoms with Crippen molar-refractivity contribution < 1.29 is 10.0 Å². The SMILES string of the molecule is CSc1ccccc1-c1ccc(CC(=O)NO)cc1. The van der Waals surface area contributed by atoms with Crippen molar-refractivity contribution in [3.05, 3.63) is 54.1 Å². The van der Waals surface area contributed by atoms with E-state index in [1.807, 2.05) is 36.4 Å². The van der Waals surface area contributed by atoms with Gasteiger partial charge in [0, 0.05) is 4.90 Å². The third-order valence-electron chi connectivity index (χ3n) is 2.86. The van der Waals surface area contributed by atoms with Gasteiger partial charge in [-0.1, -0.05) is 42.5 Å². The van der Waals surface area contributed by atoms with Gasteiger partial charge in [0.1, 0.15) is 0 Å². The van der Waals surface area contributed by atoms with Gasteiger partial charge in [-0.25, -0.2) is 5.48 Å². The van der Waals surface area contributed by atoms with Crippen molar-refractivity contribution in [1.82, 2.24) is 5.48 Å².